The summed E-state index contributed by atoms with van der Waals surface area (Å²) in [6.45, 7) is 0.453. The average molecular weight is 375 g/mol. The minimum atomic E-state index is 0.0963. The van der Waals surface area contributed by atoms with Crippen molar-refractivity contribution in [1.82, 2.24) is 9.88 Å². The van der Waals surface area contributed by atoms with Crippen molar-refractivity contribution in [2.45, 2.75) is 37.6 Å². The van der Waals surface area contributed by atoms with Crippen LogP contribution in [0.1, 0.15) is 48.3 Å². The van der Waals surface area contributed by atoms with Gasteiger partial charge in [0.05, 0.1) is 12.7 Å². The van der Waals surface area contributed by atoms with E-state index >= 15 is 0 Å². The summed E-state index contributed by atoms with van der Waals surface area (Å²) in [6, 6.07) is 8.26. The van der Waals surface area contributed by atoms with Crippen LogP contribution in [0.25, 0.3) is 0 Å². The number of hydrogen-bond donors (Lipinski definition) is 0. The van der Waals surface area contributed by atoms with Gasteiger partial charge >= 0.3 is 0 Å². The standard InChI is InChI=1S/C18H19BrN2O2/c1-21(10-17-20-9-16(23-17)12-2-3-12)18(22)15-8-14(15)11-4-6-13(19)7-5-11/h4-7,9,12,14-15H,2-3,8,10H2,1H3/t14-,15-/m1/s1. The van der Waals surface area contributed by atoms with Gasteiger partial charge in [-0.1, -0.05) is 28.1 Å². The smallest absolute Gasteiger partial charge is 0.226 e. The van der Waals surface area contributed by atoms with Crippen LogP contribution in [0, 0.1) is 5.92 Å². The second-order valence-corrected chi connectivity index (χ2v) is 7.54. The van der Waals surface area contributed by atoms with Crippen LogP contribution in [0.4, 0.5) is 0 Å². The van der Waals surface area contributed by atoms with Crippen LogP contribution in [0.5, 0.6) is 0 Å². The fourth-order valence-electron chi connectivity index (χ4n) is 3.06. The molecule has 0 saturated heterocycles. The summed E-state index contributed by atoms with van der Waals surface area (Å²) in [5.41, 5.74) is 1.24. The normalized spacial score (nSPS) is 22.9. The first-order valence-corrected chi connectivity index (χ1v) is 8.86. The summed E-state index contributed by atoms with van der Waals surface area (Å²) >= 11 is 3.44. The Hall–Kier alpha value is -1.62. The first-order chi connectivity index (χ1) is 11.1. The molecule has 2 saturated carbocycles. The highest BCUT2D eigenvalue weighted by Crippen LogP contribution is 2.48. The summed E-state index contributed by atoms with van der Waals surface area (Å²) in [6.07, 6.45) is 5.14. The molecule has 2 fully saturated rings. The van der Waals surface area contributed by atoms with Gasteiger partial charge in [-0.05, 0) is 42.9 Å². The molecule has 1 aromatic heterocycles. The summed E-state index contributed by atoms with van der Waals surface area (Å²) in [7, 11) is 1.83. The van der Waals surface area contributed by atoms with Gasteiger partial charge < -0.3 is 9.32 Å². The van der Waals surface area contributed by atoms with Crippen LogP contribution in [-0.4, -0.2) is 22.8 Å². The molecule has 2 aromatic rings. The number of nitrogens with zero attached hydrogens (tertiary/aromatic N) is 2. The third-order valence-corrected chi connectivity index (χ3v) is 5.23. The predicted octanol–water partition coefficient (Wildman–Crippen LogP) is 4.08. The molecule has 0 unspecified atom stereocenters. The molecule has 23 heavy (non-hydrogen) atoms. The SMILES string of the molecule is CN(Cc1ncc(C2CC2)o1)C(=O)[C@@H]1C[C@@H]1c1ccc(Br)cc1. The van der Waals surface area contributed by atoms with Gasteiger partial charge in [-0.3, -0.25) is 4.79 Å². The van der Waals surface area contributed by atoms with Crippen molar-refractivity contribution in [3.8, 4) is 0 Å². The van der Waals surface area contributed by atoms with Crippen molar-refractivity contribution < 1.29 is 9.21 Å². The molecule has 4 rings (SSSR count). The highest BCUT2D eigenvalue weighted by atomic mass is 79.9. The lowest BCUT2D eigenvalue weighted by Gasteiger charge is -2.15. The number of carbonyl (C=O) groups excluding carboxylic acids is 1. The Bertz CT molecular complexity index is 721. The van der Waals surface area contributed by atoms with E-state index in [1.807, 2.05) is 25.4 Å². The van der Waals surface area contributed by atoms with E-state index in [9.17, 15) is 4.79 Å². The second kappa shape index (κ2) is 5.78. The molecule has 120 valence electrons. The van der Waals surface area contributed by atoms with Crippen molar-refractivity contribution in [3.05, 3.63) is 52.1 Å². The van der Waals surface area contributed by atoms with E-state index in [0.717, 1.165) is 16.7 Å². The topological polar surface area (TPSA) is 46.3 Å². The van der Waals surface area contributed by atoms with Crippen LogP contribution in [-0.2, 0) is 11.3 Å². The monoisotopic (exact) mass is 374 g/mol. The van der Waals surface area contributed by atoms with Gasteiger partial charge in [-0.15, -0.1) is 0 Å². The Balaban J connectivity index is 1.36. The summed E-state index contributed by atoms with van der Waals surface area (Å²) < 4.78 is 6.81. The van der Waals surface area contributed by atoms with Crippen molar-refractivity contribution in [3.63, 3.8) is 0 Å². The van der Waals surface area contributed by atoms with Gasteiger partial charge in [0.15, 0.2) is 0 Å². The molecule has 0 radical (unpaired) electrons. The minimum absolute atomic E-state index is 0.0963. The van der Waals surface area contributed by atoms with Crippen LogP contribution >= 0.6 is 15.9 Å². The van der Waals surface area contributed by atoms with Gasteiger partial charge in [-0.2, -0.15) is 0 Å². The molecule has 2 atom stereocenters. The van der Waals surface area contributed by atoms with E-state index < -0.39 is 0 Å². The third-order valence-electron chi connectivity index (χ3n) is 4.71. The Labute approximate surface area is 144 Å². The number of amides is 1. The molecule has 0 spiro atoms. The van der Waals surface area contributed by atoms with Gasteiger partial charge in [0, 0.05) is 23.4 Å². The molecule has 0 aliphatic heterocycles. The predicted molar refractivity (Wildman–Crippen MR) is 89.9 cm³/mol. The molecule has 2 aliphatic carbocycles. The first kappa shape index (κ1) is 14.9. The summed E-state index contributed by atoms with van der Waals surface area (Å²) in [5, 5.41) is 0. The van der Waals surface area contributed by atoms with Gasteiger partial charge in [0.2, 0.25) is 11.8 Å². The molecular formula is C18H19BrN2O2. The molecule has 1 amide bonds. The molecule has 1 heterocycles. The lowest BCUT2D eigenvalue weighted by Crippen LogP contribution is -2.28. The lowest BCUT2D eigenvalue weighted by atomic mass is 10.1. The Morgan fingerprint density at radius 1 is 1.35 bits per heavy atom. The quantitative estimate of drug-likeness (QED) is 0.791. The number of halogens is 1. The van der Waals surface area contributed by atoms with Crippen molar-refractivity contribution in [2.24, 2.45) is 5.92 Å². The lowest BCUT2D eigenvalue weighted by molar-refractivity contribution is -0.132. The molecule has 0 N–H and O–H groups in total. The Morgan fingerprint density at radius 3 is 2.78 bits per heavy atom. The highest BCUT2D eigenvalue weighted by Gasteiger charge is 2.45. The van der Waals surface area contributed by atoms with Crippen LogP contribution in [0.3, 0.4) is 0 Å². The Kier molecular flexibility index (Phi) is 3.76. The van der Waals surface area contributed by atoms with Crippen LogP contribution < -0.4 is 0 Å². The number of aromatic nitrogens is 1. The maximum absolute atomic E-state index is 12.6. The highest BCUT2D eigenvalue weighted by molar-refractivity contribution is 9.10. The molecule has 5 heteroatoms. The minimum Gasteiger partial charge on any atom is -0.443 e. The Morgan fingerprint density at radius 2 is 2.09 bits per heavy atom. The maximum atomic E-state index is 12.6. The summed E-state index contributed by atoms with van der Waals surface area (Å²) in [5.74, 6) is 2.80. The molecule has 0 bridgehead atoms. The van der Waals surface area contributed by atoms with Crippen molar-refractivity contribution >= 4 is 21.8 Å². The van der Waals surface area contributed by atoms with E-state index in [4.69, 9.17) is 4.42 Å². The van der Waals surface area contributed by atoms with E-state index in [1.165, 1.54) is 18.4 Å². The van der Waals surface area contributed by atoms with E-state index in [2.05, 4.69) is 33.0 Å². The second-order valence-electron chi connectivity index (χ2n) is 6.63. The first-order valence-electron chi connectivity index (χ1n) is 8.07. The maximum Gasteiger partial charge on any atom is 0.226 e. The van der Waals surface area contributed by atoms with Gasteiger partial charge in [0.25, 0.3) is 0 Å². The average Bonchev–Trinajstić information content (AvgIpc) is 3.46. The molecular weight excluding hydrogens is 356 g/mol. The van der Waals surface area contributed by atoms with Gasteiger partial charge in [0.1, 0.15) is 5.76 Å². The zero-order valence-electron chi connectivity index (χ0n) is 13.0. The number of hydrogen-bond acceptors (Lipinski definition) is 3. The zero-order chi connectivity index (χ0) is 16.0. The fourth-order valence-corrected chi connectivity index (χ4v) is 3.33. The molecule has 1 aromatic carbocycles. The molecule has 2 aliphatic rings. The van der Waals surface area contributed by atoms with E-state index in [-0.39, 0.29) is 11.8 Å². The van der Waals surface area contributed by atoms with E-state index in [1.54, 1.807) is 4.90 Å². The van der Waals surface area contributed by atoms with Gasteiger partial charge in [-0.25, -0.2) is 4.98 Å². The third kappa shape index (κ3) is 3.20. The number of oxazole rings is 1. The number of carbonyl (C=O) groups is 1. The zero-order valence-corrected chi connectivity index (χ0v) is 14.6. The molecule has 4 nitrogen and oxygen atoms in total. The van der Waals surface area contributed by atoms with Crippen molar-refractivity contribution in [1.29, 1.82) is 0 Å². The fraction of sp³-hybridized carbons (Fsp3) is 0.444. The van der Waals surface area contributed by atoms with Crippen LogP contribution in [0.15, 0.2) is 39.4 Å². The largest absolute Gasteiger partial charge is 0.443 e. The number of benzene rings is 1. The summed E-state index contributed by atoms with van der Waals surface area (Å²) in [4.78, 5) is 18.6. The van der Waals surface area contributed by atoms with Crippen LogP contribution in [0.2, 0.25) is 0 Å². The number of rotatable bonds is 5. The van der Waals surface area contributed by atoms with Crippen molar-refractivity contribution in [2.75, 3.05) is 7.05 Å². The van der Waals surface area contributed by atoms with E-state index in [0.29, 0.717) is 24.3 Å².